The number of carboxylic acids is 1. The predicted molar refractivity (Wildman–Crippen MR) is 147 cm³/mol. The minimum Gasteiger partial charge on any atom is -0.497 e. The van der Waals surface area contributed by atoms with Crippen LogP contribution in [0.4, 0.5) is 0 Å². The van der Waals surface area contributed by atoms with Crippen molar-refractivity contribution in [1.82, 2.24) is 4.57 Å². The smallest absolute Gasteiger partial charge is 0.353 e. The van der Waals surface area contributed by atoms with Gasteiger partial charge in [0.2, 0.25) is 0 Å². The summed E-state index contributed by atoms with van der Waals surface area (Å²) >= 11 is 0. The van der Waals surface area contributed by atoms with Gasteiger partial charge in [-0.05, 0) is 79.3 Å². The number of hydrogen-bond donors (Lipinski definition) is 1. The van der Waals surface area contributed by atoms with Crippen LogP contribution in [0.3, 0.4) is 0 Å². The maximum atomic E-state index is 12.8. The van der Waals surface area contributed by atoms with Gasteiger partial charge in [0.05, 0.1) is 20.3 Å². The van der Waals surface area contributed by atoms with Crippen molar-refractivity contribution < 1.29 is 28.8 Å². The highest BCUT2D eigenvalue weighted by Gasteiger charge is 2.25. The van der Waals surface area contributed by atoms with Gasteiger partial charge < -0.3 is 28.6 Å². The third-order valence-electron chi connectivity index (χ3n) is 6.74. The number of fused-ring (bicyclic) bond motifs is 1. The summed E-state index contributed by atoms with van der Waals surface area (Å²) in [5, 5.41) is 11.3. The Morgan fingerprint density at radius 2 is 1.74 bits per heavy atom. The number of carbonyl (C=O) groups is 1. The van der Waals surface area contributed by atoms with Gasteiger partial charge in [-0.25, -0.2) is 4.79 Å². The van der Waals surface area contributed by atoms with Crippen LogP contribution in [0.15, 0.2) is 66.7 Å². The molecule has 0 spiro atoms. The summed E-state index contributed by atoms with van der Waals surface area (Å²) in [6.45, 7) is 4.57. The van der Waals surface area contributed by atoms with E-state index in [1.165, 1.54) is 12.8 Å². The highest BCUT2D eigenvalue weighted by molar-refractivity contribution is 6.08. The second-order valence-corrected chi connectivity index (χ2v) is 9.47. The Morgan fingerprint density at radius 1 is 0.947 bits per heavy atom. The van der Waals surface area contributed by atoms with Crippen LogP contribution in [0, 0.1) is 5.92 Å². The van der Waals surface area contributed by atoms with E-state index in [4.69, 9.17) is 18.9 Å². The summed E-state index contributed by atoms with van der Waals surface area (Å²) in [7, 11) is 1.62. The van der Waals surface area contributed by atoms with E-state index >= 15 is 0 Å². The van der Waals surface area contributed by atoms with Crippen molar-refractivity contribution in [3.8, 4) is 28.4 Å². The van der Waals surface area contributed by atoms with Crippen molar-refractivity contribution in [2.24, 2.45) is 5.92 Å². The molecule has 1 aromatic heterocycles. The molecule has 198 valence electrons. The molecule has 0 unspecified atom stereocenters. The van der Waals surface area contributed by atoms with Crippen LogP contribution in [0.5, 0.6) is 17.2 Å². The number of aromatic carboxylic acids is 1. The summed E-state index contributed by atoms with van der Waals surface area (Å²) in [4.78, 5) is 12.8. The molecule has 7 heteroatoms. The number of nitrogens with zero attached hydrogens (tertiary/aromatic N) is 1. The van der Waals surface area contributed by atoms with Gasteiger partial charge in [-0.3, -0.25) is 0 Å². The summed E-state index contributed by atoms with van der Waals surface area (Å²) in [5.41, 5.74) is 3.44. The average molecular weight is 516 g/mol. The predicted octanol–water partition coefficient (Wildman–Crippen LogP) is 6.27. The fraction of sp³-hybridized carbons (Fsp3) is 0.323. The molecule has 1 aliphatic rings. The first-order chi connectivity index (χ1) is 18.6. The van der Waals surface area contributed by atoms with E-state index in [9.17, 15) is 9.90 Å². The van der Waals surface area contributed by atoms with Crippen molar-refractivity contribution in [1.29, 1.82) is 0 Å². The van der Waals surface area contributed by atoms with Crippen LogP contribution in [-0.4, -0.2) is 49.2 Å². The minimum absolute atomic E-state index is 0.223. The third-order valence-corrected chi connectivity index (χ3v) is 6.74. The molecule has 1 saturated carbocycles. The van der Waals surface area contributed by atoms with Gasteiger partial charge in [0.25, 0.3) is 0 Å². The first-order valence-corrected chi connectivity index (χ1v) is 13.0. The molecule has 0 aliphatic heterocycles. The maximum absolute atomic E-state index is 12.8. The Hall–Kier alpha value is -3.97. The SMILES string of the molecule is CCOCCOc1ccc2c(c1)c(-c1ccc(OCC3CC3)cc1)c(C(=O)O)n2Cc1cccc(OC)c1. The van der Waals surface area contributed by atoms with E-state index in [0.717, 1.165) is 40.1 Å². The summed E-state index contributed by atoms with van der Waals surface area (Å²) < 4.78 is 24.5. The lowest BCUT2D eigenvalue weighted by molar-refractivity contribution is 0.0687. The van der Waals surface area contributed by atoms with Gasteiger partial charge in [-0.2, -0.15) is 0 Å². The fourth-order valence-electron chi connectivity index (χ4n) is 4.63. The largest absolute Gasteiger partial charge is 0.497 e. The van der Waals surface area contributed by atoms with Crippen molar-refractivity contribution >= 4 is 16.9 Å². The van der Waals surface area contributed by atoms with Crippen LogP contribution in [0.2, 0.25) is 0 Å². The molecule has 1 aliphatic carbocycles. The lowest BCUT2D eigenvalue weighted by Gasteiger charge is -2.11. The van der Waals surface area contributed by atoms with E-state index < -0.39 is 5.97 Å². The first-order valence-electron chi connectivity index (χ1n) is 13.0. The van der Waals surface area contributed by atoms with E-state index in [1.807, 2.05) is 78.2 Å². The molecule has 0 atom stereocenters. The van der Waals surface area contributed by atoms with Gasteiger partial charge in [0.1, 0.15) is 29.5 Å². The van der Waals surface area contributed by atoms with Crippen LogP contribution < -0.4 is 14.2 Å². The monoisotopic (exact) mass is 515 g/mol. The van der Waals surface area contributed by atoms with Crippen LogP contribution in [0.1, 0.15) is 35.8 Å². The molecule has 5 rings (SSSR count). The molecular weight excluding hydrogens is 482 g/mol. The van der Waals surface area contributed by atoms with Gasteiger partial charge in [-0.15, -0.1) is 0 Å². The van der Waals surface area contributed by atoms with Crippen LogP contribution in [-0.2, 0) is 11.3 Å². The quantitative estimate of drug-likeness (QED) is 0.212. The second kappa shape index (κ2) is 11.6. The normalized spacial score (nSPS) is 13.0. The molecule has 0 saturated heterocycles. The zero-order valence-corrected chi connectivity index (χ0v) is 21.8. The molecular formula is C31H33NO6. The summed E-state index contributed by atoms with van der Waals surface area (Å²) in [5.74, 6) is 1.84. The number of aromatic nitrogens is 1. The molecule has 1 heterocycles. The van der Waals surface area contributed by atoms with Crippen LogP contribution in [0.25, 0.3) is 22.0 Å². The van der Waals surface area contributed by atoms with E-state index in [2.05, 4.69) is 0 Å². The summed E-state index contributed by atoms with van der Waals surface area (Å²) in [6.07, 6.45) is 2.45. The van der Waals surface area contributed by atoms with E-state index in [0.29, 0.717) is 43.6 Å². The maximum Gasteiger partial charge on any atom is 0.353 e. The lowest BCUT2D eigenvalue weighted by Crippen LogP contribution is -2.10. The molecule has 4 aromatic rings. The molecule has 7 nitrogen and oxygen atoms in total. The third kappa shape index (κ3) is 5.78. The standard InChI is InChI=1S/C31H33NO6/c1-3-36-15-16-37-26-13-14-28-27(18-26)29(23-9-11-24(12-10-23)38-20-21-7-8-21)30(31(33)34)32(28)19-22-5-4-6-25(17-22)35-2/h4-6,9-14,17-18,21H,3,7-8,15-16,19-20H2,1-2H3,(H,33,34). The molecule has 0 amide bonds. The van der Waals surface area contributed by atoms with Gasteiger partial charge in [0.15, 0.2) is 0 Å². The highest BCUT2D eigenvalue weighted by Crippen LogP contribution is 2.38. The Balaban J connectivity index is 1.58. The first kappa shape index (κ1) is 25.7. The number of benzene rings is 3. The van der Waals surface area contributed by atoms with Crippen molar-refractivity contribution in [2.45, 2.75) is 26.3 Å². The van der Waals surface area contributed by atoms with Crippen molar-refractivity contribution in [3.63, 3.8) is 0 Å². The zero-order valence-electron chi connectivity index (χ0n) is 21.8. The topological polar surface area (TPSA) is 79.2 Å². The number of methoxy groups -OCH3 is 1. The number of rotatable bonds is 13. The highest BCUT2D eigenvalue weighted by atomic mass is 16.5. The molecule has 38 heavy (non-hydrogen) atoms. The molecule has 1 fully saturated rings. The number of ether oxygens (including phenoxy) is 4. The molecule has 0 radical (unpaired) electrons. The minimum atomic E-state index is -0.994. The van der Waals surface area contributed by atoms with Gasteiger partial charge in [0, 0.05) is 29.6 Å². The molecule has 3 aromatic carbocycles. The Bertz CT molecular complexity index is 1400. The summed E-state index contributed by atoms with van der Waals surface area (Å²) in [6, 6.07) is 21.1. The van der Waals surface area contributed by atoms with E-state index in [1.54, 1.807) is 7.11 Å². The molecule has 0 bridgehead atoms. The van der Waals surface area contributed by atoms with E-state index in [-0.39, 0.29) is 5.69 Å². The Labute approximate surface area is 222 Å². The number of hydrogen-bond acceptors (Lipinski definition) is 5. The van der Waals surface area contributed by atoms with Gasteiger partial charge >= 0.3 is 5.97 Å². The Morgan fingerprint density at radius 3 is 2.45 bits per heavy atom. The van der Waals surface area contributed by atoms with Gasteiger partial charge in [-0.1, -0.05) is 24.3 Å². The lowest BCUT2D eigenvalue weighted by atomic mass is 10.0. The fourth-order valence-corrected chi connectivity index (χ4v) is 4.63. The zero-order chi connectivity index (χ0) is 26.5. The molecule has 1 N–H and O–H groups in total. The Kier molecular flexibility index (Phi) is 7.84. The second-order valence-electron chi connectivity index (χ2n) is 9.47. The van der Waals surface area contributed by atoms with Crippen molar-refractivity contribution in [3.05, 3.63) is 78.0 Å². The number of carboxylic acid groups (broad SMARTS) is 1. The van der Waals surface area contributed by atoms with Crippen LogP contribution >= 0.6 is 0 Å². The average Bonchev–Trinajstić information content (AvgIpc) is 3.72. The van der Waals surface area contributed by atoms with Crippen molar-refractivity contribution in [2.75, 3.05) is 33.5 Å².